The molecule has 0 atom stereocenters. The number of hydrogen-bond acceptors (Lipinski definition) is 1. The Bertz CT molecular complexity index is 648. The molecule has 112 valence electrons. The predicted octanol–water partition coefficient (Wildman–Crippen LogP) is 4.61. The number of rotatable bonds is 3. The third-order valence-corrected chi connectivity index (χ3v) is 2.96. The number of benzene rings is 2. The lowest BCUT2D eigenvalue weighted by molar-refractivity contribution is 0.381. The minimum absolute atomic E-state index is 0.0547. The molecule has 0 aromatic heterocycles. The quantitative estimate of drug-likeness (QED) is 0.496. The van der Waals surface area contributed by atoms with Gasteiger partial charge < -0.3 is 5.32 Å². The van der Waals surface area contributed by atoms with Gasteiger partial charge in [-0.15, -0.1) is 0 Å². The fourth-order valence-electron chi connectivity index (χ4n) is 2.12. The maximum absolute atomic E-state index is 13.5. The zero-order valence-electron chi connectivity index (χ0n) is 11.3. The highest BCUT2D eigenvalue weighted by atomic mass is 19.2. The molecule has 0 bridgehead atoms. The Kier molecular flexibility index (Phi) is 4.16. The van der Waals surface area contributed by atoms with Crippen molar-refractivity contribution in [3.05, 3.63) is 64.0 Å². The summed E-state index contributed by atoms with van der Waals surface area (Å²) in [6.45, 7) is 3.63. The first kappa shape index (κ1) is 15.3. The van der Waals surface area contributed by atoms with E-state index in [1.165, 1.54) is 0 Å². The monoisotopic (exact) mass is 301 g/mol. The molecule has 0 radical (unpaired) electrons. The van der Waals surface area contributed by atoms with E-state index < -0.39 is 34.8 Å². The van der Waals surface area contributed by atoms with Crippen molar-refractivity contribution in [1.82, 2.24) is 0 Å². The van der Waals surface area contributed by atoms with E-state index >= 15 is 0 Å². The van der Waals surface area contributed by atoms with Crippen LogP contribution in [0, 0.1) is 42.9 Å². The first-order valence-electron chi connectivity index (χ1n) is 6.13. The second-order valence-corrected chi connectivity index (χ2v) is 4.79. The van der Waals surface area contributed by atoms with Gasteiger partial charge in [0, 0.05) is 6.54 Å². The summed E-state index contributed by atoms with van der Waals surface area (Å²) in [4.78, 5) is 0. The Morgan fingerprint density at radius 3 is 1.62 bits per heavy atom. The third kappa shape index (κ3) is 2.99. The minimum Gasteiger partial charge on any atom is -0.376 e. The van der Waals surface area contributed by atoms with Crippen LogP contribution in [0.2, 0.25) is 0 Å². The van der Waals surface area contributed by atoms with Gasteiger partial charge in [0.2, 0.25) is 5.82 Å². The van der Waals surface area contributed by atoms with Crippen LogP contribution < -0.4 is 5.32 Å². The van der Waals surface area contributed by atoms with E-state index in [0.29, 0.717) is 5.56 Å². The third-order valence-electron chi connectivity index (χ3n) is 2.96. The van der Waals surface area contributed by atoms with Crippen LogP contribution in [0.15, 0.2) is 18.2 Å². The van der Waals surface area contributed by atoms with E-state index in [1.807, 2.05) is 19.9 Å². The smallest absolute Gasteiger partial charge is 0.200 e. The van der Waals surface area contributed by atoms with Gasteiger partial charge >= 0.3 is 0 Å². The van der Waals surface area contributed by atoms with Crippen molar-refractivity contribution in [2.45, 2.75) is 20.4 Å². The molecule has 0 amide bonds. The van der Waals surface area contributed by atoms with Crippen molar-refractivity contribution >= 4 is 5.69 Å². The normalized spacial score (nSPS) is 10.8. The van der Waals surface area contributed by atoms with Crippen molar-refractivity contribution in [1.29, 1.82) is 0 Å². The number of hydrogen-bond donors (Lipinski definition) is 1. The molecule has 2 rings (SSSR count). The maximum Gasteiger partial charge on any atom is 0.200 e. The number of anilines is 1. The second kappa shape index (κ2) is 5.71. The van der Waals surface area contributed by atoms with Crippen LogP contribution >= 0.6 is 0 Å². The molecule has 1 nitrogen and oxygen atoms in total. The predicted molar refractivity (Wildman–Crippen MR) is 69.5 cm³/mol. The average Bonchev–Trinajstić information content (AvgIpc) is 2.42. The molecule has 0 aliphatic heterocycles. The molecule has 2 aromatic rings. The van der Waals surface area contributed by atoms with Crippen molar-refractivity contribution in [3.8, 4) is 0 Å². The van der Waals surface area contributed by atoms with Crippen molar-refractivity contribution < 1.29 is 22.0 Å². The van der Waals surface area contributed by atoms with Crippen LogP contribution in [0.4, 0.5) is 27.6 Å². The molecule has 0 aliphatic rings. The molecule has 6 heteroatoms. The Morgan fingerprint density at radius 1 is 0.714 bits per heavy atom. The topological polar surface area (TPSA) is 12.0 Å². The van der Waals surface area contributed by atoms with Gasteiger partial charge in [-0.3, -0.25) is 0 Å². The van der Waals surface area contributed by atoms with Crippen LogP contribution in [0.3, 0.4) is 0 Å². The summed E-state index contributed by atoms with van der Waals surface area (Å²) < 4.78 is 66.0. The molecule has 0 spiro atoms. The zero-order valence-corrected chi connectivity index (χ0v) is 11.3. The maximum atomic E-state index is 13.5. The summed E-state index contributed by atoms with van der Waals surface area (Å²) in [6.07, 6.45) is 0. The van der Waals surface area contributed by atoms with Gasteiger partial charge in [0.1, 0.15) is 5.69 Å². The van der Waals surface area contributed by atoms with Crippen LogP contribution in [0.5, 0.6) is 0 Å². The average molecular weight is 301 g/mol. The molecule has 0 unspecified atom stereocenters. The lowest BCUT2D eigenvalue weighted by Gasteiger charge is -2.11. The molecule has 0 fully saturated rings. The van der Waals surface area contributed by atoms with Gasteiger partial charge in [-0.1, -0.05) is 29.3 Å². The summed E-state index contributed by atoms with van der Waals surface area (Å²) in [6, 6.07) is 5.42. The van der Waals surface area contributed by atoms with E-state index in [2.05, 4.69) is 5.32 Å². The molecule has 0 saturated heterocycles. The fraction of sp³-hybridized carbons (Fsp3) is 0.200. The first-order chi connectivity index (χ1) is 9.81. The number of aryl methyl sites for hydroxylation is 2. The zero-order chi connectivity index (χ0) is 15.7. The largest absolute Gasteiger partial charge is 0.376 e. The van der Waals surface area contributed by atoms with Gasteiger partial charge in [0.15, 0.2) is 23.3 Å². The highest BCUT2D eigenvalue weighted by Crippen LogP contribution is 2.27. The van der Waals surface area contributed by atoms with Crippen molar-refractivity contribution in [2.75, 3.05) is 5.32 Å². The molecular formula is C15H12F5N. The summed E-state index contributed by atoms with van der Waals surface area (Å²) in [5, 5.41) is 2.26. The molecule has 0 aliphatic carbocycles. The Morgan fingerprint density at radius 2 is 1.14 bits per heavy atom. The Labute approximate surface area is 118 Å². The lowest BCUT2D eigenvalue weighted by Crippen LogP contribution is -2.10. The highest BCUT2D eigenvalue weighted by Gasteiger charge is 2.25. The van der Waals surface area contributed by atoms with Gasteiger partial charge in [0.05, 0.1) is 0 Å². The first-order valence-corrected chi connectivity index (χ1v) is 6.13. The van der Waals surface area contributed by atoms with Crippen molar-refractivity contribution in [2.24, 2.45) is 0 Å². The number of nitrogens with one attached hydrogen (secondary N) is 1. The summed E-state index contributed by atoms with van der Waals surface area (Å²) in [5.74, 6) is -9.82. The molecule has 21 heavy (non-hydrogen) atoms. The van der Waals surface area contributed by atoms with E-state index in [1.54, 1.807) is 12.1 Å². The standard InChI is InChI=1S/C15H12F5N/c1-7-3-8(2)5-9(4-7)6-21-15-13(19)11(17)10(16)12(18)14(15)20/h3-5,21H,6H2,1-2H3. The van der Waals surface area contributed by atoms with Crippen LogP contribution in [-0.4, -0.2) is 0 Å². The SMILES string of the molecule is Cc1cc(C)cc(CNc2c(F)c(F)c(F)c(F)c2F)c1. The van der Waals surface area contributed by atoms with Gasteiger partial charge in [-0.25, -0.2) is 22.0 Å². The summed E-state index contributed by atoms with van der Waals surface area (Å²) in [5.41, 5.74) is 1.52. The second-order valence-electron chi connectivity index (χ2n) is 4.79. The van der Waals surface area contributed by atoms with Gasteiger partial charge in [-0.2, -0.15) is 0 Å². The Hall–Kier alpha value is -2.11. The molecule has 1 N–H and O–H groups in total. The van der Waals surface area contributed by atoms with Crippen molar-refractivity contribution in [3.63, 3.8) is 0 Å². The minimum atomic E-state index is -2.16. The summed E-state index contributed by atoms with van der Waals surface area (Å²) in [7, 11) is 0. The van der Waals surface area contributed by atoms with Gasteiger partial charge in [0.25, 0.3) is 0 Å². The van der Waals surface area contributed by atoms with Crippen LogP contribution in [0.1, 0.15) is 16.7 Å². The van der Waals surface area contributed by atoms with E-state index in [-0.39, 0.29) is 6.54 Å². The lowest BCUT2D eigenvalue weighted by atomic mass is 10.1. The van der Waals surface area contributed by atoms with E-state index in [9.17, 15) is 22.0 Å². The Balaban J connectivity index is 2.32. The van der Waals surface area contributed by atoms with Crippen LogP contribution in [-0.2, 0) is 6.54 Å². The highest BCUT2D eigenvalue weighted by molar-refractivity contribution is 5.48. The molecule has 0 heterocycles. The van der Waals surface area contributed by atoms with E-state index in [0.717, 1.165) is 11.1 Å². The fourth-order valence-corrected chi connectivity index (χ4v) is 2.12. The molecular weight excluding hydrogens is 289 g/mol. The van der Waals surface area contributed by atoms with Gasteiger partial charge in [-0.05, 0) is 19.4 Å². The van der Waals surface area contributed by atoms with Crippen LogP contribution in [0.25, 0.3) is 0 Å². The molecule has 2 aromatic carbocycles. The molecule has 0 saturated carbocycles. The number of halogens is 5. The van der Waals surface area contributed by atoms with E-state index in [4.69, 9.17) is 0 Å². The summed E-state index contributed by atoms with van der Waals surface area (Å²) >= 11 is 0.